The van der Waals surface area contributed by atoms with Gasteiger partial charge in [0.25, 0.3) is 0 Å². The summed E-state index contributed by atoms with van der Waals surface area (Å²) in [5, 5.41) is 0. The average molecular weight is 570 g/mol. The van der Waals surface area contributed by atoms with Crippen LogP contribution in [0.4, 0.5) is 39.5 Å². The molecule has 0 saturated heterocycles. The summed E-state index contributed by atoms with van der Waals surface area (Å²) in [6, 6.07) is 5.85. The van der Waals surface area contributed by atoms with Crippen LogP contribution in [-0.4, -0.2) is 21.7 Å². The normalized spacial score (nSPS) is 15.7. The fraction of sp³-hybridized carbons (Fsp3) is 0.250. The maximum atomic E-state index is 13.9. The van der Waals surface area contributed by atoms with Crippen LogP contribution < -0.4 is 8.92 Å². The first-order valence-electron chi connectivity index (χ1n) is 10.7. The second-order valence-corrected chi connectivity index (χ2v) is 9.72. The van der Waals surface area contributed by atoms with Crippen LogP contribution in [0.1, 0.15) is 34.6 Å². The lowest BCUT2D eigenvalue weighted by atomic mass is 9.83. The van der Waals surface area contributed by atoms with Crippen molar-refractivity contribution < 1.29 is 56.9 Å². The standard InChI is InChI=1S/C24H15F9O4S/c25-7-5-11-9-12(24(31,32)33)1-3-14(11)15-6-8-36-17-10-13(2-4-16(15)17)38(34,35)37-23-21(29)19(27)18(26)20(28)22(23)30/h1-4,9-10,15H,5-8H2. The summed E-state index contributed by atoms with van der Waals surface area (Å²) in [4.78, 5) is -0.766. The largest absolute Gasteiger partial charge is 0.493 e. The number of ether oxygens (including phenoxy) is 1. The Morgan fingerprint density at radius 2 is 1.47 bits per heavy atom. The molecule has 38 heavy (non-hydrogen) atoms. The van der Waals surface area contributed by atoms with Gasteiger partial charge in [0.15, 0.2) is 0 Å². The van der Waals surface area contributed by atoms with Crippen LogP contribution in [0.5, 0.6) is 11.5 Å². The number of hydrogen-bond acceptors (Lipinski definition) is 4. The molecule has 0 fully saturated rings. The van der Waals surface area contributed by atoms with E-state index in [0.717, 1.165) is 24.3 Å². The summed E-state index contributed by atoms with van der Waals surface area (Å²) in [5.41, 5.74) is -0.213. The molecule has 0 amide bonds. The van der Waals surface area contributed by atoms with Gasteiger partial charge in [-0.15, -0.1) is 0 Å². The number of fused-ring (bicyclic) bond motifs is 1. The van der Waals surface area contributed by atoms with Crippen molar-refractivity contribution in [1.82, 2.24) is 0 Å². The number of alkyl halides is 4. The number of hydrogen-bond donors (Lipinski definition) is 0. The zero-order chi connectivity index (χ0) is 28.0. The summed E-state index contributed by atoms with van der Waals surface area (Å²) >= 11 is 0. The number of halogens is 9. The van der Waals surface area contributed by atoms with Gasteiger partial charge in [0.05, 0.1) is 18.8 Å². The Kier molecular flexibility index (Phi) is 7.30. The quantitative estimate of drug-likeness (QED) is 0.145. The van der Waals surface area contributed by atoms with E-state index < -0.39 is 74.2 Å². The molecule has 14 heteroatoms. The fourth-order valence-electron chi connectivity index (χ4n) is 4.10. The molecule has 1 aliphatic rings. The van der Waals surface area contributed by atoms with Crippen molar-refractivity contribution in [3.05, 3.63) is 87.7 Å². The van der Waals surface area contributed by atoms with E-state index in [1.807, 2.05) is 0 Å². The van der Waals surface area contributed by atoms with E-state index in [1.165, 1.54) is 12.1 Å². The molecule has 1 unspecified atom stereocenters. The number of benzene rings is 3. The molecule has 0 aliphatic carbocycles. The summed E-state index contributed by atoms with van der Waals surface area (Å²) < 4.78 is 156. The third kappa shape index (κ3) is 5.00. The maximum Gasteiger partial charge on any atom is 0.416 e. The third-order valence-electron chi connectivity index (χ3n) is 5.89. The minimum Gasteiger partial charge on any atom is -0.493 e. The van der Waals surface area contributed by atoms with Gasteiger partial charge in [-0.2, -0.15) is 30.4 Å². The molecule has 204 valence electrons. The lowest BCUT2D eigenvalue weighted by molar-refractivity contribution is -0.137. The minimum atomic E-state index is -5.15. The highest BCUT2D eigenvalue weighted by molar-refractivity contribution is 7.87. The molecule has 4 nitrogen and oxygen atoms in total. The molecule has 0 saturated carbocycles. The van der Waals surface area contributed by atoms with Gasteiger partial charge < -0.3 is 8.92 Å². The van der Waals surface area contributed by atoms with Crippen LogP contribution in [0, 0.1) is 29.1 Å². The molecule has 0 aromatic heterocycles. The smallest absolute Gasteiger partial charge is 0.416 e. The van der Waals surface area contributed by atoms with Crippen LogP contribution in [0.25, 0.3) is 0 Å². The van der Waals surface area contributed by atoms with Crippen LogP contribution >= 0.6 is 0 Å². The molecule has 3 aromatic carbocycles. The third-order valence-corrected chi connectivity index (χ3v) is 7.10. The molecule has 1 heterocycles. The molecule has 1 atom stereocenters. The van der Waals surface area contributed by atoms with E-state index in [-0.39, 0.29) is 30.8 Å². The van der Waals surface area contributed by atoms with Gasteiger partial charge in [-0.3, -0.25) is 4.39 Å². The van der Waals surface area contributed by atoms with Gasteiger partial charge in [0, 0.05) is 24.0 Å². The highest BCUT2D eigenvalue weighted by Gasteiger charge is 2.34. The first-order valence-corrected chi connectivity index (χ1v) is 12.2. The van der Waals surface area contributed by atoms with Crippen LogP contribution in [0.2, 0.25) is 0 Å². The van der Waals surface area contributed by atoms with E-state index in [4.69, 9.17) is 4.74 Å². The Bertz CT molecular complexity index is 1470. The van der Waals surface area contributed by atoms with E-state index >= 15 is 0 Å². The van der Waals surface area contributed by atoms with Crippen molar-refractivity contribution in [2.75, 3.05) is 13.3 Å². The Morgan fingerprint density at radius 3 is 2.08 bits per heavy atom. The SMILES string of the molecule is O=S(=O)(Oc1c(F)c(F)c(F)c(F)c1F)c1ccc2c(c1)OCCC2c1ccc(C(F)(F)F)cc1CCF. The summed E-state index contributed by atoms with van der Waals surface area (Å²) in [6.45, 7) is -0.966. The number of rotatable bonds is 6. The Hall–Kier alpha value is -3.42. The maximum absolute atomic E-state index is 13.9. The fourth-order valence-corrected chi connectivity index (χ4v) is 5.05. The van der Waals surface area contributed by atoms with Gasteiger partial charge in [-0.05, 0) is 35.7 Å². The average Bonchev–Trinajstić information content (AvgIpc) is 2.88. The molecule has 0 spiro atoms. The van der Waals surface area contributed by atoms with Gasteiger partial charge in [-0.1, -0.05) is 12.1 Å². The molecule has 4 rings (SSSR count). The molecular formula is C24H15F9O4S. The van der Waals surface area contributed by atoms with Crippen LogP contribution in [-0.2, 0) is 22.7 Å². The minimum absolute atomic E-state index is 0.0320. The van der Waals surface area contributed by atoms with Gasteiger partial charge in [0.2, 0.25) is 34.8 Å². The van der Waals surface area contributed by atoms with Gasteiger partial charge in [0.1, 0.15) is 10.6 Å². The lowest BCUT2D eigenvalue weighted by Gasteiger charge is -2.28. The van der Waals surface area contributed by atoms with Crippen LogP contribution in [0.3, 0.4) is 0 Å². The second-order valence-electron chi connectivity index (χ2n) is 8.18. The van der Waals surface area contributed by atoms with E-state index in [9.17, 15) is 47.9 Å². The predicted octanol–water partition coefficient (Wildman–Crippen LogP) is 6.60. The molecule has 3 aromatic rings. The van der Waals surface area contributed by atoms with Crippen molar-refractivity contribution in [2.45, 2.75) is 29.8 Å². The molecule has 0 radical (unpaired) electrons. The lowest BCUT2D eigenvalue weighted by Crippen LogP contribution is -2.19. The Balaban J connectivity index is 1.72. The predicted molar refractivity (Wildman–Crippen MR) is 114 cm³/mol. The zero-order valence-corrected chi connectivity index (χ0v) is 19.6. The Morgan fingerprint density at radius 1 is 0.868 bits per heavy atom. The van der Waals surface area contributed by atoms with Crippen molar-refractivity contribution in [2.24, 2.45) is 0 Å². The van der Waals surface area contributed by atoms with Crippen molar-refractivity contribution in [3.63, 3.8) is 0 Å². The van der Waals surface area contributed by atoms with Crippen molar-refractivity contribution >= 4 is 10.1 Å². The molecule has 1 aliphatic heterocycles. The van der Waals surface area contributed by atoms with Gasteiger partial charge in [-0.25, -0.2) is 13.2 Å². The summed E-state index contributed by atoms with van der Waals surface area (Å²) in [7, 11) is -5.15. The van der Waals surface area contributed by atoms with Gasteiger partial charge >= 0.3 is 16.3 Å². The van der Waals surface area contributed by atoms with E-state index in [1.54, 1.807) is 0 Å². The first kappa shape index (κ1) is 27.6. The van der Waals surface area contributed by atoms with Crippen LogP contribution in [0.15, 0.2) is 41.3 Å². The van der Waals surface area contributed by atoms with Crippen molar-refractivity contribution in [1.29, 1.82) is 0 Å². The summed E-state index contributed by atoms with van der Waals surface area (Å²) in [5.74, 6) is -15.1. The monoisotopic (exact) mass is 570 g/mol. The molecular weight excluding hydrogens is 555 g/mol. The topological polar surface area (TPSA) is 52.6 Å². The first-order chi connectivity index (χ1) is 17.8. The summed E-state index contributed by atoms with van der Waals surface area (Å²) in [6.07, 6.45) is -4.73. The van der Waals surface area contributed by atoms with E-state index in [2.05, 4.69) is 4.18 Å². The number of aryl methyl sites for hydroxylation is 1. The van der Waals surface area contributed by atoms with E-state index in [0.29, 0.717) is 11.1 Å². The Labute approximate surface area is 209 Å². The highest BCUT2D eigenvalue weighted by Crippen LogP contribution is 2.42. The molecule has 0 bridgehead atoms. The molecule has 0 N–H and O–H groups in total. The highest BCUT2D eigenvalue weighted by atomic mass is 32.2. The van der Waals surface area contributed by atoms with Crippen molar-refractivity contribution in [3.8, 4) is 11.5 Å². The second kappa shape index (κ2) is 10.0. The zero-order valence-electron chi connectivity index (χ0n) is 18.8.